The number of nitrogens with two attached hydrogens (primary N) is 1. The van der Waals surface area contributed by atoms with Gasteiger partial charge in [0.25, 0.3) is 0 Å². The maximum absolute atomic E-state index is 11.2. The van der Waals surface area contributed by atoms with Crippen LogP contribution in [0.2, 0.25) is 0 Å². The van der Waals surface area contributed by atoms with E-state index in [-0.39, 0.29) is 0 Å². The molecule has 92 valence electrons. The zero-order chi connectivity index (χ0) is 12.4. The molecule has 1 aromatic rings. The van der Waals surface area contributed by atoms with Crippen LogP contribution in [0.25, 0.3) is 5.57 Å². The summed E-state index contributed by atoms with van der Waals surface area (Å²) >= 11 is 0. The molecule has 1 aliphatic heterocycles. The summed E-state index contributed by atoms with van der Waals surface area (Å²) in [6.07, 6.45) is 1.77. The lowest BCUT2D eigenvalue weighted by molar-refractivity contribution is -0.142. The third-order valence-corrected chi connectivity index (χ3v) is 2.84. The largest absolute Gasteiger partial charge is 0.468 e. The molecule has 2 heterocycles. The van der Waals surface area contributed by atoms with Crippen LogP contribution in [0.5, 0.6) is 0 Å². The van der Waals surface area contributed by atoms with E-state index in [4.69, 9.17) is 5.73 Å². The van der Waals surface area contributed by atoms with Crippen LogP contribution in [0.3, 0.4) is 0 Å². The summed E-state index contributed by atoms with van der Waals surface area (Å²) in [5.41, 5.74) is 8.76. The Morgan fingerprint density at radius 3 is 3.24 bits per heavy atom. The Labute approximate surface area is 99.4 Å². The second-order valence-electron chi connectivity index (χ2n) is 4.17. The average Bonchev–Trinajstić information content (AvgIpc) is 2.76. The second-order valence-corrected chi connectivity index (χ2v) is 4.17. The maximum Gasteiger partial charge on any atom is 0.323 e. The monoisotopic (exact) mass is 236 g/mol. The molecule has 0 saturated heterocycles. The average molecular weight is 236 g/mol. The third kappa shape index (κ3) is 2.37. The van der Waals surface area contributed by atoms with Crippen molar-refractivity contribution in [2.24, 2.45) is 5.73 Å². The minimum absolute atomic E-state index is 0.395. The van der Waals surface area contributed by atoms with Gasteiger partial charge in [0.05, 0.1) is 19.0 Å². The quantitative estimate of drug-likeness (QED) is 0.706. The zero-order valence-corrected chi connectivity index (χ0v) is 9.77. The molecule has 1 unspecified atom stereocenters. The van der Waals surface area contributed by atoms with E-state index < -0.39 is 12.0 Å². The number of rotatable bonds is 3. The molecule has 0 aliphatic carbocycles. The summed E-state index contributed by atoms with van der Waals surface area (Å²) < 4.78 is 4.60. The van der Waals surface area contributed by atoms with Crippen molar-refractivity contribution in [1.29, 1.82) is 0 Å². The number of carbonyl (C=O) groups excluding carboxylic acids is 1. The number of hydrogen-bond donors (Lipinski definition) is 2. The number of ether oxygens (including phenoxy) is 1. The number of aromatic nitrogens is 2. The van der Waals surface area contributed by atoms with Gasteiger partial charge in [0.2, 0.25) is 0 Å². The molecule has 1 aromatic heterocycles. The van der Waals surface area contributed by atoms with Crippen molar-refractivity contribution in [2.75, 3.05) is 20.2 Å². The van der Waals surface area contributed by atoms with Crippen LogP contribution in [-0.4, -0.2) is 47.3 Å². The number of aromatic amines is 1. The molecule has 6 heteroatoms. The van der Waals surface area contributed by atoms with E-state index in [1.165, 1.54) is 7.11 Å². The first-order chi connectivity index (χ1) is 8.11. The first kappa shape index (κ1) is 11.8. The van der Waals surface area contributed by atoms with Gasteiger partial charge >= 0.3 is 5.97 Å². The van der Waals surface area contributed by atoms with Gasteiger partial charge in [-0.2, -0.15) is 5.10 Å². The molecule has 17 heavy (non-hydrogen) atoms. The smallest absolute Gasteiger partial charge is 0.323 e. The van der Waals surface area contributed by atoms with Crippen LogP contribution >= 0.6 is 0 Å². The van der Waals surface area contributed by atoms with Crippen molar-refractivity contribution in [2.45, 2.75) is 12.6 Å². The van der Waals surface area contributed by atoms with Crippen molar-refractivity contribution in [3.63, 3.8) is 0 Å². The number of nitrogens with zero attached hydrogens (tertiary/aromatic N) is 2. The number of hydrogen-bond acceptors (Lipinski definition) is 5. The Morgan fingerprint density at radius 2 is 2.53 bits per heavy atom. The molecule has 0 aromatic carbocycles. The summed E-state index contributed by atoms with van der Waals surface area (Å²) in [4.78, 5) is 13.3. The van der Waals surface area contributed by atoms with E-state index in [0.717, 1.165) is 23.4 Å². The Bertz CT molecular complexity index is 440. The van der Waals surface area contributed by atoms with Crippen molar-refractivity contribution < 1.29 is 9.53 Å². The molecule has 0 radical (unpaired) electrons. The Morgan fingerprint density at radius 1 is 1.76 bits per heavy atom. The first-order valence-corrected chi connectivity index (χ1v) is 5.38. The van der Waals surface area contributed by atoms with Crippen LogP contribution in [0.15, 0.2) is 12.8 Å². The van der Waals surface area contributed by atoms with Gasteiger partial charge in [0, 0.05) is 25.2 Å². The standard InChI is InChI=1S/C11H16N4O2/c1-7-4-15(6-9(12)11(16)17-2)5-8-3-13-14-10(7)8/h3,9H,1,4-6,12H2,2H3,(H,13,14). The van der Waals surface area contributed by atoms with Gasteiger partial charge in [-0.1, -0.05) is 6.58 Å². The molecule has 0 amide bonds. The third-order valence-electron chi connectivity index (χ3n) is 2.84. The highest BCUT2D eigenvalue weighted by Gasteiger charge is 2.24. The first-order valence-electron chi connectivity index (χ1n) is 5.38. The summed E-state index contributed by atoms with van der Waals surface area (Å²) in [6.45, 7) is 5.83. The fourth-order valence-corrected chi connectivity index (χ4v) is 2.02. The van der Waals surface area contributed by atoms with Crippen LogP contribution < -0.4 is 5.73 Å². The number of esters is 1. The van der Waals surface area contributed by atoms with Crippen molar-refractivity contribution in [1.82, 2.24) is 15.1 Å². The number of H-pyrrole nitrogens is 1. The van der Waals surface area contributed by atoms with E-state index in [2.05, 4.69) is 26.4 Å². The van der Waals surface area contributed by atoms with Crippen molar-refractivity contribution in [3.05, 3.63) is 24.0 Å². The van der Waals surface area contributed by atoms with Gasteiger partial charge in [0.1, 0.15) is 6.04 Å². The van der Waals surface area contributed by atoms with Crippen molar-refractivity contribution >= 4 is 11.5 Å². The van der Waals surface area contributed by atoms with Gasteiger partial charge in [0.15, 0.2) is 0 Å². The summed E-state index contributed by atoms with van der Waals surface area (Å²) in [5, 5.41) is 6.90. The topological polar surface area (TPSA) is 84.2 Å². The number of methoxy groups -OCH3 is 1. The predicted octanol–water partition coefficient (Wildman–Crippen LogP) is -0.261. The molecule has 3 N–H and O–H groups in total. The Kier molecular flexibility index (Phi) is 3.26. The van der Waals surface area contributed by atoms with Crippen molar-refractivity contribution in [3.8, 4) is 0 Å². The molecule has 6 nitrogen and oxygen atoms in total. The van der Waals surface area contributed by atoms with Gasteiger partial charge < -0.3 is 10.5 Å². The Balaban J connectivity index is 2.02. The van der Waals surface area contributed by atoms with E-state index in [9.17, 15) is 4.79 Å². The molecular formula is C11H16N4O2. The second kappa shape index (κ2) is 4.68. The molecule has 1 aliphatic rings. The fraction of sp³-hybridized carbons (Fsp3) is 0.455. The summed E-state index contributed by atoms with van der Waals surface area (Å²) in [6, 6.07) is -0.624. The van der Waals surface area contributed by atoms with Crippen LogP contribution in [0, 0.1) is 0 Å². The van der Waals surface area contributed by atoms with Crippen LogP contribution in [-0.2, 0) is 16.1 Å². The van der Waals surface area contributed by atoms with Gasteiger partial charge in [-0.25, -0.2) is 0 Å². The summed E-state index contributed by atoms with van der Waals surface area (Å²) in [5.74, 6) is -0.395. The zero-order valence-electron chi connectivity index (χ0n) is 9.77. The maximum atomic E-state index is 11.2. The van der Waals surface area contributed by atoms with E-state index in [0.29, 0.717) is 13.1 Å². The van der Waals surface area contributed by atoms with E-state index in [1.807, 2.05) is 0 Å². The highest BCUT2D eigenvalue weighted by atomic mass is 16.5. The molecular weight excluding hydrogens is 220 g/mol. The van der Waals surface area contributed by atoms with Gasteiger partial charge in [-0.3, -0.25) is 14.8 Å². The molecule has 0 saturated carbocycles. The number of fused-ring (bicyclic) bond motifs is 1. The lowest BCUT2D eigenvalue weighted by Gasteiger charge is -2.29. The number of nitrogens with one attached hydrogen (secondary N) is 1. The molecule has 0 fully saturated rings. The molecule has 2 rings (SSSR count). The SMILES string of the molecule is C=C1CN(CC(N)C(=O)OC)Cc2cn[nH]c21. The predicted molar refractivity (Wildman–Crippen MR) is 62.9 cm³/mol. The van der Waals surface area contributed by atoms with Crippen LogP contribution in [0.1, 0.15) is 11.3 Å². The minimum atomic E-state index is -0.624. The molecule has 0 spiro atoms. The Hall–Kier alpha value is -1.66. The van der Waals surface area contributed by atoms with E-state index in [1.54, 1.807) is 6.20 Å². The highest BCUT2D eigenvalue weighted by Crippen LogP contribution is 2.23. The minimum Gasteiger partial charge on any atom is -0.468 e. The molecule has 1 atom stereocenters. The lowest BCUT2D eigenvalue weighted by atomic mass is 10.0. The van der Waals surface area contributed by atoms with Gasteiger partial charge in [-0.05, 0) is 5.57 Å². The number of carbonyl (C=O) groups is 1. The van der Waals surface area contributed by atoms with Crippen LogP contribution in [0.4, 0.5) is 0 Å². The van der Waals surface area contributed by atoms with E-state index >= 15 is 0 Å². The fourth-order valence-electron chi connectivity index (χ4n) is 2.02. The lowest BCUT2D eigenvalue weighted by Crippen LogP contribution is -2.44. The summed E-state index contributed by atoms with van der Waals surface area (Å²) in [7, 11) is 1.34. The normalized spacial score (nSPS) is 17.6. The molecule has 0 bridgehead atoms. The highest BCUT2D eigenvalue weighted by molar-refractivity contribution is 5.75. The van der Waals surface area contributed by atoms with Gasteiger partial charge in [-0.15, -0.1) is 0 Å².